The second kappa shape index (κ2) is 8.30. The standard InChI is InChI=1S/C19H22N6O/c20-10-17-18(21)23-13-24-19(17)25-8-4-5-14(12-25)9-16(26)11-22-15-6-2-1-3-7-15/h1-3,6-7,13-14,22H,4-5,8-9,11-12H2,(H2,21,23,24). The molecular formula is C19H22N6O. The molecule has 1 aromatic heterocycles. The summed E-state index contributed by atoms with van der Waals surface area (Å²) in [5.41, 5.74) is 7.04. The van der Waals surface area contributed by atoms with Crippen LogP contribution in [0.25, 0.3) is 0 Å². The fourth-order valence-corrected chi connectivity index (χ4v) is 3.31. The zero-order valence-electron chi connectivity index (χ0n) is 14.6. The summed E-state index contributed by atoms with van der Waals surface area (Å²) in [5, 5.41) is 12.5. The number of aromatic nitrogens is 2. The van der Waals surface area contributed by atoms with E-state index >= 15 is 0 Å². The Balaban J connectivity index is 1.58. The Morgan fingerprint density at radius 2 is 2.15 bits per heavy atom. The van der Waals surface area contributed by atoms with E-state index in [0.29, 0.717) is 30.9 Å². The summed E-state index contributed by atoms with van der Waals surface area (Å²) in [6, 6.07) is 11.8. The van der Waals surface area contributed by atoms with Crippen LogP contribution in [-0.2, 0) is 4.79 Å². The van der Waals surface area contributed by atoms with Gasteiger partial charge in [-0.15, -0.1) is 0 Å². The first-order chi connectivity index (χ1) is 12.7. The predicted octanol–water partition coefficient (Wildman–Crippen LogP) is 2.22. The van der Waals surface area contributed by atoms with Gasteiger partial charge in [-0.05, 0) is 30.9 Å². The number of nitrogens with two attached hydrogens (primary N) is 1. The van der Waals surface area contributed by atoms with Gasteiger partial charge in [0.05, 0.1) is 6.54 Å². The fraction of sp³-hybridized carbons (Fsp3) is 0.368. The van der Waals surface area contributed by atoms with E-state index in [1.165, 1.54) is 6.33 Å². The number of para-hydroxylation sites is 1. The lowest BCUT2D eigenvalue weighted by Crippen LogP contribution is -2.38. The van der Waals surface area contributed by atoms with E-state index in [1.807, 2.05) is 35.2 Å². The Bertz CT molecular complexity index is 801. The van der Waals surface area contributed by atoms with E-state index in [9.17, 15) is 10.1 Å². The van der Waals surface area contributed by atoms with Crippen LogP contribution in [0.1, 0.15) is 24.8 Å². The minimum Gasteiger partial charge on any atom is -0.382 e. The molecule has 134 valence electrons. The van der Waals surface area contributed by atoms with Crippen molar-refractivity contribution in [3.8, 4) is 6.07 Å². The lowest BCUT2D eigenvalue weighted by Gasteiger charge is -2.33. The van der Waals surface area contributed by atoms with Crippen molar-refractivity contribution < 1.29 is 4.79 Å². The van der Waals surface area contributed by atoms with Gasteiger partial charge in [0.25, 0.3) is 0 Å². The minimum atomic E-state index is 0.184. The maximum atomic E-state index is 12.3. The maximum Gasteiger partial charge on any atom is 0.152 e. The molecule has 0 radical (unpaired) electrons. The molecule has 2 aromatic rings. The second-order valence-corrected chi connectivity index (χ2v) is 6.49. The van der Waals surface area contributed by atoms with Crippen molar-refractivity contribution in [1.82, 2.24) is 9.97 Å². The zero-order chi connectivity index (χ0) is 18.4. The summed E-state index contributed by atoms with van der Waals surface area (Å²) < 4.78 is 0. The highest BCUT2D eigenvalue weighted by Crippen LogP contribution is 2.27. The molecule has 3 rings (SSSR count). The first-order valence-electron chi connectivity index (χ1n) is 8.73. The maximum absolute atomic E-state index is 12.3. The molecule has 1 aliphatic rings. The molecule has 26 heavy (non-hydrogen) atoms. The van der Waals surface area contributed by atoms with Gasteiger partial charge >= 0.3 is 0 Å². The number of nitriles is 1. The number of nitrogen functional groups attached to an aromatic ring is 1. The number of hydrogen-bond donors (Lipinski definition) is 2. The molecule has 7 heteroatoms. The van der Waals surface area contributed by atoms with Crippen molar-refractivity contribution in [1.29, 1.82) is 5.26 Å². The van der Waals surface area contributed by atoms with Gasteiger partial charge in [-0.2, -0.15) is 5.26 Å². The van der Waals surface area contributed by atoms with Crippen LogP contribution in [0.4, 0.5) is 17.3 Å². The molecular weight excluding hydrogens is 328 g/mol. The average Bonchev–Trinajstić information content (AvgIpc) is 2.67. The van der Waals surface area contributed by atoms with Crippen LogP contribution < -0.4 is 16.0 Å². The Hall–Kier alpha value is -3.14. The summed E-state index contributed by atoms with van der Waals surface area (Å²) in [6.07, 6.45) is 3.84. The lowest BCUT2D eigenvalue weighted by molar-refractivity contribution is -0.118. The Kier molecular flexibility index (Phi) is 5.64. The Morgan fingerprint density at radius 3 is 2.92 bits per heavy atom. The number of hydrogen-bond acceptors (Lipinski definition) is 7. The first-order valence-corrected chi connectivity index (χ1v) is 8.73. The van der Waals surface area contributed by atoms with E-state index in [4.69, 9.17) is 5.73 Å². The van der Waals surface area contributed by atoms with Gasteiger partial charge in [0, 0.05) is 25.2 Å². The average molecular weight is 350 g/mol. The van der Waals surface area contributed by atoms with E-state index in [-0.39, 0.29) is 17.5 Å². The smallest absolute Gasteiger partial charge is 0.152 e. The van der Waals surface area contributed by atoms with Crippen LogP contribution in [0.15, 0.2) is 36.7 Å². The van der Waals surface area contributed by atoms with Gasteiger partial charge in [0.15, 0.2) is 11.6 Å². The minimum absolute atomic E-state index is 0.184. The molecule has 1 aromatic carbocycles. The first kappa shape index (κ1) is 17.7. The molecule has 1 unspecified atom stereocenters. The van der Waals surface area contributed by atoms with Gasteiger partial charge in [-0.1, -0.05) is 18.2 Å². The molecule has 0 bridgehead atoms. The summed E-state index contributed by atoms with van der Waals surface area (Å²) in [4.78, 5) is 22.5. The lowest BCUT2D eigenvalue weighted by atomic mass is 9.92. The molecule has 0 saturated carbocycles. The quantitative estimate of drug-likeness (QED) is 0.822. The number of benzene rings is 1. The largest absolute Gasteiger partial charge is 0.382 e. The molecule has 0 spiro atoms. The van der Waals surface area contributed by atoms with Crippen molar-refractivity contribution in [3.63, 3.8) is 0 Å². The van der Waals surface area contributed by atoms with E-state index < -0.39 is 0 Å². The molecule has 2 heterocycles. The normalized spacial score (nSPS) is 16.7. The molecule has 7 nitrogen and oxygen atoms in total. The molecule has 0 amide bonds. The van der Waals surface area contributed by atoms with E-state index in [1.54, 1.807) is 0 Å². The van der Waals surface area contributed by atoms with Gasteiger partial charge in [0.2, 0.25) is 0 Å². The highest BCUT2D eigenvalue weighted by molar-refractivity contribution is 5.83. The summed E-state index contributed by atoms with van der Waals surface area (Å²) in [7, 11) is 0. The van der Waals surface area contributed by atoms with Crippen molar-refractivity contribution >= 4 is 23.1 Å². The van der Waals surface area contributed by atoms with Crippen LogP contribution in [0.2, 0.25) is 0 Å². The van der Waals surface area contributed by atoms with Crippen molar-refractivity contribution in [2.24, 2.45) is 5.92 Å². The fourth-order valence-electron chi connectivity index (χ4n) is 3.31. The van der Waals surface area contributed by atoms with E-state index in [0.717, 1.165) is 25.1 Å². The molecule has 0 aliphatic carbocycles. The summed E-state index contributed by atoms with van der Waals surface area (Å²) >= 11 is 0. The van der Waals surface area contributed by atoms with Gasteiger partial charge in [-0.3, -0.25) is 4.79 Å². The van der Waals surface area contributed by atoms with Crippen LogP contribution in [0.5, 0.6) is 0 Å². The molecule has 1 saturated heterocycles. The number of nitrogens with zero attached hydrogens (tertiary/aromatic N) is 4. The number of carbonyl (C=O) groups excluding carboxylic acids is 1. The third-order valence-corrected chi connectivity index (χ3v) is 4.57. The van der Waals surface area contributed by atoms with Crippen LogP contribution in [0.3, 0.4) is 0 Å². The predicted molar refractivity (Wildman–Crippen MR) is 101 cm³/mol. The molecule has 1 aliphatic heterocycles. The molecule has 1 fully saturated rings. The molecule has 1 atom stereocenters. The van der Waals surface area contributed by atoms with Crippen molar-refractivity contribution in [2.45, 2.75) is 19.3 Å². The van der Waals surface area contributed by atoms with E-state index in [2.05, 4.69) is 21.4 Å². The second-order valence-electron chi connectivity index (χ2n) is 6.49. The monoisotopic (exact) mass is 350 g/mol. The number of ketones is 1. The van der Waals surface area contributed by atoms with Gasteiger partial charge < -0.3 is 16.0 Å². The number of rotatable bonds is 6. The summed E-state index contributed by atoms with van der Waals surface area (Å²) in [5.74, 6) is 1.20. The molecule has 3 N–H and O–H groups in total. The van der Waals surface area contributed by atoms with Gasteiger partial charge in [0.1, 0.15) is 23.8 Å². The third kappa shape index (κ3) is 4.28. The number of carbonyl (C=O) groups is 1. The highest BCUT2D eigenvalue weighted by atomic mass is 16.1. The Labute approximate surface area is 152 Å². The summed E-state index contributed by atoms with van der Waals surface area (Å²) in [6.45, 7) is 1.82. The number of nitrogens with one attached hydrogen (secondary N) is 1. The third-order valence-electron chi connectivity index (χ3n) is 4.57. The highest BCUT2D eigenvalue weighted by Gasteiger charge is 2.25. The van der Waals surface area contributed by atoms with Crippen molar-refractivity contribution in [3.05, 3.63) is 42.2 Å². The SMILES string of the molecule is N#Cc1c(N)ncnc1N1CCCC(CC(=O)CNc2ccccc2)C1. The van der Waals surface area contributed by atoms with Crippen molar-refractivity contribution in [2.75, 3.05) is 35.6 Å². The van der Waals surface area contributed by atoms with Crippen LogP contribution >= 0.6 is 0 Å². The number of piperidine rings is 1. The van der Waals surface area contributed by atoms with Crippen LogP contribution in [0, 0.1) is 17.2 Å². The zero-order valence-corrected chi connectivity index (χ0v) is 14.6. The number of Topliss-reactive ketones (excluding diaryl/α,β-unsaturated/α-hetero) is 1. The topological polar surface area (TPSA) is 108 Å². The van der Waals surface area contributed by atoms with Crippen LogP contribution in [-0.4, -0.2) is 35.4 Å². The number of anilines is 3. The Morgan fingerprint density at radius 1 is 1.35 bits per heavy atom. The van der Waals surface area contributed by atoms with Gasteiger partial charge in [-0.25, -0.2) is 9.97 Å².